The minimum Gasteiger partial charge on any atom is -0.333 e. The van der Waals surface area contributed by atoms with Crippen LogP contribution < -0.4 is 5.56 Å². The second kappa shape index (κ2) is 3.02. The van der Waals surface area contributed by atoms with Crippen molar-refractivity contribution in [1.82, 2.24) is 15.1 Å². The third-order valence-corrected chi connectivity index (χ3v) is 1.59. The lowest BCUT2D eigenvalue weighted by Gasteiger charge is -1.89. The normalized spacial score (nSPS) is 10.2. The first kappa shape index (κ1) is 8.00. The van der Waals surface area contributed by atoms with Crippen LogP contribution >= 0.6 is 11.6 Å². The lowest BCUT2D eigenvalue weighted by molar-refractivity contribution is 0.430. The average molecular weight is 198 g/mol. The zero-order chi connectivity index (χ0) is 9.26. The van der Waals surface area contributed by atoms with Crippen molar-refractivity contribution in [2.75, 3.05) is 0 Å². The molecule has 0 aliphatic rings. The SMILES string of the molecule is O=c1ccc(-c2nc(Cl)no2)c[nH]1. The number of aromatic nitrogens is 3. The van der Waals surface area contributed by atoms with Crippen molar-refractivity contribution >= 4 is 11.6 Å². The first-order chi connectivity index (χ1) is 6.25. The maximum Gasteiger partial charge on any atom is 0.264 e. The fourth-order valence-electron chi connectivity index (χ4n) is 0.866. The van der Waals surface area contributed by atoms with Crippen LogP contribution in [-0.2, 0) is 0 Å². The molecule has 13 heavy (non-hydrogen) atoms. The fraction of sp³-hybridized carbons (Fsp3) is 0. The molecule has 0 aliphatic heterocycles. The Morgan fingerprint density at radius 1 is 1.46 bits per heavy atom. The van der Waals surface area contributed by atoms with Crippen LogP contribution in [0, 0.1) is 0 Å². The number of halogens is 1. The van der Waals surface area contributed by atoms with Crippen LogP contribution in [0.2, 0.25) is 5.28 Å². The summed E-state index contributed by atoms with van der Waals surface area (Å²) in [5.74, 6) is 0.279. The third-order valence-electron chi connectivity index (χ3n) is 1.43. The lowest BCUT2D eigenvalue weighted by atomic mass is 10.3. The predicted molar refractivity (Wildman–Crippen MR) is 45.4 cm³/mol. The molecule has 0 fully saturated rings. The van der Waals surface area contributed by atoms with Gasteiger partial charge in [-0.3, -0.25) is 4.79 Å². The van der Waals surface area contributed by atoms with E-state index in [9.17, 15) is 4.79 Å². The Morgan fingerprint density at radius 2 is 2.31 bits per heavy atom. The van der Waals surface area contributed by atoms with Crippen LogP contribution in [0.1, 0.15) is 0 Å². The van der Waals surface area contributed by atoms with E-state index in [4.69, 9.17) is 16.1 Å². The molecule has 0 spiro atoms. The van der Waals surface area contributed by atoms with E-state index >= 15 is 0 Å². The van der Waals surface area contributed by atoms with Crippen molar-refractivity contribution in [2.24, 2.45) is 0 Å². The first-order valence-electron chi connectivity index (χ1n) is 3.44. The molecule has 0 atom stereocenters. The molecule has 0 aromatic carbocycles. The van der Waals surface area contributed by atoms with Gasteiger partial charge in [0.25, 0.3) is 11.2 Å². The van der Waals surface area contributed by atoms with Gasteiger partial charge in [-0.15, -0.1) is 0 Å². The minimum atomic E-state index is -0.186. The maximum absolute atomic E-state index is 10.7. The van der Waals surface area contributed by atoms with Gasteiger partial charge >= 0.3 is 0 Å². The molecule has 1 N–H and O–H groups in total. The van der Waals surface area contributed by atoms with Gasteiger partial charge in [-0.05, 0) is 22.8 Å². The molecule has 2 aromatic heterocycles. The smallest absolute Gasteiger partial charge is 0.264 e. The summed E-state index contributed by atoms with van der Waals surface area (Å²) in [6.07, 6.45) is 1.48. The number of nitrogens with zero attached hydrogens (tertiary/aromatic N) is 2. The first-order valence-corrected chi connectivity index (χ1v) is 3.82. The molecule has 0 saturated heterocycles. The second-order valence-corrected chi connectivity index (χ2v) is 2.65. The second-order valence-electron chi connectivity index (χ2n) is 2.31. The Kier molecular flexibility index (Phi) is 1.86. The van der Waals surface area contributed by atoms with Crippen LogP contribution in [0.5, 0.6) is 0 Å². The highest BCUT2D eigenvalue weighted by Crippen LogP contribution is 2.15. The monoisotopic (exact) mass is 197 g/mol. The van der Waals surface area contributed by atoms with E-state index in [1.807, 2.05) is 0 Å². The zero-order valence-corrected chi connectivity index (χ0v) is 7.08. The molecule has 2 heterocycles. The third kappa shape index (κ3) is 1.59. The summed E-state index contributed by atoms with van der Waals surface area (Å²) in [4.78, 5) is 17.0. The lowest BCUT2D eigenvalue weighted by Crippen LogP contribution is -2.01. The van der Waals surface area contributed by atoms with Crippen LogP contribution in [0.15, 0.2) is 27.6 Å². The topological polar surface area (TPSA) is 71.8 Å². The molecular formula is C7H4ClN3O2. The van der Waals surface area contributed by atoms with E-state index in [1.54, 1.807) is 6.07 Å². The predicted octanol–water partition coefficient (Wildman–Crippen LogP) is 1.08. The number of aromatic amines is 1. The van der Waals surface area contributed by atoms with Gasteiger partial charge in [-0.25, -0.2) is 0 Å². The molecule has 66 valence electrons. The molecule has 0 amide bonds. The van der Waals surface area contributed by atoms with Gasteiger partial charge in [0, 0.05) is 12.3 Å². The Labute approximate surface area is 77.4 Å². The zero-order valence-electron chi connectivity index (χ0n) is 6.32. The molecule has 2 rings (SSSR count). The van der Waals surface area contributed by atoms with Gasteiger partial charge in [0.15, 0.2) is 0 Å². The number of nitrogens with one attached hydrogen (secondary N) is 1. The van der Waals surface area contributed by atoms with Crippen LogP contribution in [-0.4, -0.2) is 15.1 Å². The van der Waals surface area contributed by atoms with Crippen LogP contribution in [0.25, 0.3) is 11.5 Å². The summed E-state index contributed by atoms with van der Waals surface area (Å²) in [6, 6.07) is 2.94. The molecule has 0 radical (unpaired) electrons. The summed E-state index contributed by atoms with van der Waals surface area (Å²) in [5.41, 5.74) is 0.438. The molecule has 2 aromatic rings. The van der Waals surface area contributed by atoms with Crippen molar-refractivity contribution in [3.8, 4) is 11.5 Å². The fourth-order valence-corrected chi connectivity index (χ4v) is 0.978. The number of rotatable bonds is 1. The Bertz CT molecular complexity index is 456. The molecule has 0 saturated carbocycles. The largest absolute Gasteiger partial charge is 0.333 e. The molecule has 0 bridgehead atoms. The molecule has 6 heteroatoms. The maximum atomic E-state index is 10.7. The Hall–Kier alpha value is -1.62. The van der Waals surface area contributed by atoms with Gasteiger partial charge in [0.1, 0.15) is 0 Å². The van der Waals surface area contributed by atoms with Crippen molar-refractivity contribution in [1.29, 1.82) is 0 Å². The van der Waals surface area contributed by atoms with Crippen molar-refractivity contribution in [3.05, 3.63) is 34.0 Å². The summed E-state index contributed by atoms with van der Waals surface area (Å²) >= 11 is 5.45. The number of H-pyrrole nitrogens is 1. The van der Waals surface area contributed by atoms with Crippen LogP contribution in [0.3, 0.4) is 0 Å². The number of hydrogen-bond acceptors (Lipinski definition) is 4. The highest BCUT2D eigenvalue weighted by Gasteiger charge is 2.05. The van der Waals surface area contributed by atoms with E-state index < -0.39 is 0 Å². The average Bonchev–Trinajstić information content (AvgIpc) is 2.53. The quantitative estimate of drug-likeness (QED) is 0.743. The number of pyridine rings is 1. The number of hydrogen-bond donors (Lipinski definition) is 1. The minimum absolute atomic E-state index is 0.0428. The Balaban J connectivity index is 2.47. The summed E-state index contributed by atoms with van der Waals surface area (Å²) in [5, 5.41) is 3.45. The molecular weight excluding hydrogens is 194 g/mol. The van der Waals surface area contributed by atoms with E-state index in [2.05, 4.69) is 15.1 Å². The highest BCUT2D eigenvalue weighted by atomic mass is 35.5. The molecule has 5 nitrogen and oxygen atoms in total. The van der Waals surface area contributed by atoms with E-state index in [-0.39, 0.29) is 16.7 Å². The standard InChI is InChI=1S/C7H4ClN3O2/c8-7-10-6(13-11-7)4-1-2-5(12)9-3-4/h1-3H,(H,9,12). The summed E-state index contributed by atoms with van der Waals surface area (Å²) in [7, 11) is 0. The van der Waals surface area contributed by atoms with Gasteiger partial charge in [0.05, 0.1) is 5.56 Å². The summed E-state index contributed by atoms with van der Waals surface area (Å²) < 4.78 is 4.78. The van der Waals surface area contributed by atoms with Gasteiger partial charge in [-0.2, -0.15) is 4.98 Å². The van der Waals surface area contributed by atoms with Gasteiger partial charge in [0.2, 0.25) is 5.56 Å². The summed E-state index contributed by atoms with van der Waals surface area (Å²) in [6.45, 7) is 0. The van der Waals surface area contributed by atoms with E-state index in [0.29, 0.717) is 5.56 Å². The van der Waals surface area contributed by atoms with Crippen molar-refractivity contribution in [2.45, 2.75) is 0 Å². The Morgan fingerprint density at radius 3 is 2.85 bits per heavy atom. The molecule has 0 aliphatic carbocycles. The van der Waals surface area contributed by atoms with Gasteiger partial charge < -0.3 is 9.51 Å². The van der Waals surface area contributed by atoms with Crippen LogP contribution in [0.4, 0.5) is 0 Å². The van der Waals surface area contributed by atoms with E-state index in [1.165, 1.54) is 12.3 Å². The van der Waals surface area contributed by atoms with E-state index in [0.717, 1.165) is 0 Å². The highest BCUT2D eigenvalue weighted by molar-refractivity contribution is 6.28. The van der Waals surface area contributed by atoms with Gasteiger partial charge in [-0.1, -0.05) is 0 Å². The molecule has 0 unspecified atom stereocenters. The van der Waals surface area contributed by atoms with Crippen molar-refractivity contribution in [3.63, 3.8) is 0 Å². The van der Waals surface area contributed by atoms with Crippen molar-refractivity contribution < 1.29 is 4.52 Å².